The number of halogens is 1. The van der Waals surface area contributed by atoms with E-state index in [4.69, 9.17) is 5.11 Å². The van der Waals surface area contributed by atoms with Gasteiger partial charge in [0.25, 0.3) is 0 Å². The molecule has 0 aliphatic heterocycles. The summed E-state index contributed by atoms with van der Waals surface area (Å²) in [5, 5.41) is 9.07. The van der Waals surface area contributed by atoms with Gasteiger partial charge in [-0.05, 0) is 54.1 Å². The molecule has 1 N–H and O–H groups in total. The summed E-state index contributed by atoms with van der Waals surface area (Å²) in [5.74, 6) is -1.13. The van der Waals surface area contributed by atoms with Crippen LogP contribution in [0.2, 0.25) is 0 Å². The molecule has 0 aliphatic rings. The van der Waals surface area contributed by atoms with Crippen molar-refractivity contribution in [2.45, 2.75) is 37.6 Å². The molecule has 1 aromatic rings. The van der Waals surface area contributed by atoms with Gasteiger partial charge in [0.05, 0.1) is 10.5 Å². The third-order valence-electron chi connectivity index (χ3n) is 3.17. The lowest BCUT2D eigenvalue weighted by atomic mass is 10.2. The summed E-state index contributed by atoms with van der Waals surface area (Å²) in [4.78, 5) is 11.1. The molecule has 0 saturated heterocycles. The Labute approximate surface area is 133 Å². The van der Waals surface area contributed by atoms with Gasteiger partial charge in [0.15, 0.2) is 0 Å². The fraction of sp³-hybridized carbons (Fsp3) is 0.462. The van der Waals surface area contributed by atoms with Gasteiger partial charge in [-0.1, -0.05) is 13.3 Å². The lowest BCUT2D eigenvalue weighted by Crippen LogP contribution is -2.35. The first-order chi connectivity index (χ1) is 9.21. The Morgan fingerprint density at radius 1 is 1.45 bits per heavy atom. The zero-order valence-corrected chi connectivity index (χ0v) is 14.6. The molecule has 0 aliphatic carbocycles. The quantitative estimate of drug-likeness (QED) is 0.731. The lowest BCUT2D eigenvalue weighted by Gasteiger charge is -2.24. The Morgan fingerprint density at radius 2 is 2.05 bits per heavy atom. The number of aromatic carboxylic acids is 1. The number of hydrogen-bond donors (Lipinski definition) is 1. The number of carbonyl (C=O) groups is 1. The second kappa shape index (κ2) is 6.86. The standard InChI is InChI=1S/C13H18INO4S/c1-4-5-9(2)15(3)20(18,19)10-6-7-12(14)11(8-10)13(16)17/h6-9H,4-5H2,1-3H3,(H,16,17). The molecule has 1 rings (SSSR count). The van der Waals surface area contributed by atoms with Crippen LogP contribution < -0.4 is 0 Å². The highest BCUT2D eigenvalue weighted by Gasteiger charge is 2.26. The Bertz CT molecular complexity index is 600. The first-order valence-electron chi connectivity index (χ1n) is 6.22. The highest BCUT2D eigenvalue weighted by molar-refractivity contribution is 14.1. The maximum absolute atomic E-state index is 12.5. The zero-order chi connectivity index (χ0) is 15.5. The van der Waals surface area contributed by atoms with Crippen molar-refractivity contribution in [1.29, 1.82) is 0 Å². The van der Waals surface area contributed by atoms with Crippen LogP contribution in [-0.4, -0.2) is 36.9 Å². The van der Waals surface area contributed by atoms with E-state index in [9.17, 15) is 13.2 Å². The van der Waals surface area contributed by atoms with Crippen LogP contribution in [0, 0.1) is 3.57 Å². The van der Waals surface area contributed by atoms with Crippen molar-refractivity contribution in [1.82, 2.24) is 4.31 Å². The van der Waals surface area contributed by atoms with Crippen LogP contribution in [0.5, 0.6) is 0 Å². The molecule has 1 aromatic carbocycles. The predicted molar refractivity (Wildman–Crippen MR) is 85.4 cm³/mol. The fourth-order valence-corrected chi connectivity index (χ4v) is 3.82. The SMILES string of the molecule is CCCC(C)N(C)S(=O)(=O)c1ccc(I)c(C(=O)O)c1. The first kappa shape index (κ1) is 17.4. The van der Waals surface area contributed by atoms with Gasteiger partial charge in [-0.3, -0.25) is 0 Å². The Balaban J connectivity index is 3.22. The lowest BCUT2D eigenvalue weighted by molar-refractivity contribution is 0.0695. The van der Waals surface area contributed by atoms with Crippen molar-refractivity contribution in [3.05, 3.63) is 27.3 Å². The van der Waals surface area contributed by atoms with E-state index < -0.39 is 16.0 Å². The third-order valence-corrected chi connectivity index (χ3v) is 6.08. The van der Waals surface area contributed by atoms with Gasteiger partial charge in [0.2, 0.25) is 10.0 Å². The summed E-state index contributed by atoms with van der Waals surface area (Å²) >= 11 is 1.88. The van der Waals surface area contributed by atoms with Crippen molar-refractivity contribution in [2.24, 2.45) is 0 Å². The van der Waals surface area contributed by atoms with Crippen LogP contribution in [0.4, 0.5) is 0 Å². The number of sulfonamides is 1. The third kappa shape index (κ3) is 3.70. The summed E-state index contributed by atoms with van der Waals surface area (Å²) in [5.41, 5.74) is 0.00298. The average molecular weight is 411 g/mol. The van der Waals surface area contributed by atoms with E-state index >= 15 is 0 Å². The molecule has 112 valence electrons. The first-order valence-corrected chi connectivity index (χ1v) is 8.74. The summed E-state index contributed by atoms with van der Waals surface area (Å²) < 4.78 is 26.7. The highest BCUT2D eigenvalue weighted by Crippen LogP contribution is 2.22. The van der Waals surface area contributed by atoms with E-state index in [2.05, 4.69) is 0 Å². The largest absolute Gasteiger partial charge is 0.478 e. The molecule has 5 nitrogen and oxygen atoms in total. The second-order valence-corrected chi connectivity index (χ2v) is 7.77. The van der Waals surface area contributed by atoms with Gasteiger partial charge < -0.3 is 5.11 Å². The Morgan fingerprint density at radius 3 is 2.55 bits per heavy atom. The van der Waals surface area contributed by atoms with Crippen molar-refractivity contribution in [2.75, 3.05) is 7.05 Å². The summed E-state index contributed by atoms with van der Waals surface area (Å²) in [6.07, 6.45) is 1.64. The number of nitrogens with zero attached hydrogens (tertiary/aromatic N) is 1. The van der Waals surface area contributed by atoms with Crippen LogP contribution in [0.1, 0.15) is 37.0 Å². The van der Waals surface area contributed by atoms with E-state index in [1.807, 2.05) is 36.4 Å². The molecule has 0 fully saturated rings. The molecule has 0 radical (unpaired) electrons. The van der Waals surface area contributed by atoms with E-state index in [1.54, 1.807) is 0 Å². The van der Waals surface area contributed by atoms with Gasteiger partial charge in [-0.2, -0.15) is 4.31 Å². The number of carboxylic acids is 1. The highest BCUT2D eigenvalue weighted by atomic mass is 127. The average Bonchev–Trinajstić information content (AvgIpc) is 2.37. The molecule has 0 bridgehead atoms. The van der Waals surface area contributed by atoms with E-state index in [0.717, 1.165) is 12.8 Å². The summed E-state index contributed by atoms with van der Waals surface area (Å²) in [6, 6.07) is 4.04. The van der Waals surface area contributed by atoms with Gasteiger partial charge in [0, 0.05) is 16.7 Å². The molecular formula is C13H18INO4S. The monoisotopic (exact) mass is 411 g/mol. The Kier molecular flexibility index (Phi) is 5.96. The summed E-state index contributed by atoms with van der Waals surface area (Å²) in [7, 11) is -2.14. The van der Waals surface area contributed by atoms with Crippen LogP contribution >= 0.6 is 22.6 Å². The van der Waals surface area contributed by atoms with Gasteiger partial charge in [-0.15, -0.1) is 0 Å². The maximum atomic E-state index is 12.5. The number of benzene rings is 1. The van der Waals surface area contributed by atoms with E-state index in [1.165, 1.54) is 29.6 Å². The zero-order valence-electron chi connectivity index (χ0n) is 11.6. The minimum atomic E-state index is -3.67. The topological polar surface area (TPSA) is 74.7 Å². The molecule has 0 aromatic heterocycles. The van der Waals surface area contributed by atoms with Crippen LogP contribution in [-0.2, 0) is 10.0 Å². The van der Waals surface area contributed by atoms with Gasteiger partial charge in [0.1, 0.15) is 0 Å². The van der Waals surface area contributed by atoms with Crippen LogP contribution in [0.3, 0.4) is 0 Å². The van der Waals surface area contributed by atoms with E-state index in [0.29, 0.717) is 3.57 Å². The molecule has 0 saturated carbocycles. The molecular weight excluding hydrogens is 393 g/mol. The van der Waals surface area contributed by atoms with Crippen molar-refractivity contribution < 1.29 is 18.3 Å². The normalized spacial score (nSPS) is 13.4. The van der Waals surface area contributed by atoms with Crippen LogP contribution in [0.25, 0.3) is 0 Å². The maximum Gasteiger partial charge on any atom is 0.336 e. The van der Waals surface area contributed by atoms with Crippen LogP contribution in [0.15, 0.2) is 23.1 Å². The molecule has 0 amide bonds. The predicted octanol–water partition coefficient (Wildman–Crippen LogP) is 2.80. The van der Waals surface area contributed by atoms with Crippen molar-refractivity contribution in [3.63, 3.8) is 0 Å². The molecule has 7 heteroatoms. The minimum Gasteiger partial charge on any atom is -0.478 e. The second-order valence-electron chi connectivity index (χ2n) is 4.61. The number of carboxylic acid groups (broad SMARTS) is 1. The minimum absolute atomic E-state index is 0.00298. The molecule has 1 unspecified atom stereocenters. The Hall–Kier alpha value is -0.670. The number of hydrogen-bond acceptors (Lipinski definition) is 3. The van der Waals surface area contributed by atoms with Gasteiger partial charge >= 0.3 is 5.97 Å². The smallest absolute Gasteiger partial charge is 0.336 e. The molecule has 0 spiro atoms. The summed E-state index contributed by atoms with van der Waals surface area (Å²) in [6.45, 7) is 3.83. The molecule has 20 heavy (non-hydrogen) atoms. The molecule has 1 atom stereocenters. The van der Waals surface area contributed by atoms with Crippen molar-refractivity contribution in [3.8, 4) is 0 Å². The van der Waals surface area contributed by atoms with Crippen molar-refractivity contribution >= 4 is 38.6 Å². The van der Waals surface area contributed by atoms with E-state index in [-0.39, 0.29) is 16.5 Å². The number of rotatable bonds is 6. The molecule has 0 heterocycles. The fourth-order valence-electron chi connectivity index (χ4n) is 1.83. The van der Waals surface area contributed by atoms with Gasteiger partial charge in [-0.25, -0.2) is 13.2 Å².